The molecule has 0 atom stereocenters. The van der Waals surface area contributed by atoms with E-state index in [1.807, 2.05) is 5.32 Å². The van der Waals surface area contributed by atoms with Gasteiger partial charge in [0.05, 0.1) is 5.56 Å². The SMILES string of the molecule is O=C(COC(=O)c1ccccc1F)Nc1c(F)cccc1F. The Hall–Kier alpha value is -2.83. The lowest BCUT2D eigenvalue weighted by Crippen LogP contribution is -2.22. The van der Waals surface area contributed by atoms with Crippen LogP contribution in [0.4, 0.5) is 18.9 Å². The number of carbonyl (C=O) groups is 2. The summed E-state index contributed by atoms with van der Waals surface area (Å²) in [5.41, 5.74) is -0.984. The van der Waals surface area contributed by atoms with E-state index in [0.717, 1.165) is 24.3 Å². The molecule has 0 aliphatic heterocycles. The predicted molar refractivity (Wildman–Crippen MR) is 71.7 cm³/mol. The minimum absolute atomic E-state index is 0.340. The monoisotopic (exact) mass is 309 g/mol. The number of rotatable bonds is 4. The van der Waals surface area contributed by atoms with Crippen molar-refractivity contribution in [2.75, 3.05) is 11.9 Å². The molecule has 1 N–H and O–H groups in total. The normalized spacial score (nSPS) is 10.1. The van der Waals surface area contributed by atoms with Crippen molar-refractivity contribution in [1.82, 2.24) is 0 Å². The van der Waals surface area contributed by atoms with E-state index in [1.165, 1.54) is 18.2 Å². The maximum atomic E-state index is 13.3. The van der Waals surface area contributed by atoms with Gasteiger partial charge < -0.3 is 10.1 Å². The predicted octanol–water partition coefficient (Wildman–Crippen LogP) is 2.90. The molecule has 1 amide bonds. The first-order valence-electron chi connectivity index (χ1n) is 6.14. The zero-order valence-electron chi connectivity index (χ0n) is 11.1. The van der Waals surface area contributed by atoms with E-state index in [4.69, 9.17) is 0 Å². The Kier molecular flexibility index (Phi) is 4.77. The lowest BCUT2D eigenvalue weighted by Gasteiger charge is -2.08. The Morgan fingerprint density at radius 3 is 2.14 bits per heavy atom. The number of esters is 1. The second-order valence-corrected chi connectivity index (χ2v) is 4.20. The van der Waals surface area contributed by atoms with Crippen LogP contribution >= 0.6 is 0 Å². The van der Waals surface area contributed by atoms with Crippen LogP contribution in [0.15, 0.2) is 42.5 Å². The van der Waals surface area contributed by atoms with Crippen LogP contribution in [-0.2, 0) is 9.53 Å². The highest BCUT2D eigenvalue weighted by molar-refractivity contribution is 5.95. The third-order valence-corrected chi connectivity index (χ3v) is 2.66. The van der Waals surface area contributed by atoms with Gasteiger partial charge in [-0.25, -0.2) is 18.0 Å². The molecule has 7 heteroatoms. The number of nitrogens with one attached hydrogen (secondary N) is 1. The Bertz CT molecular complexity index is 699. The number of ether oxygens (including phenoxy) is 1. The van der Waals surface area contributed by atoms with Crippen LogP contribution in [-0.4, -0.2) is 18.5 Å². The summed E-state index contributed by atoms with van der Waals surface area (Å²) >= 11 is 0. The van der Waals surface area contributed by atoms with Crippen molar-refractivity contribution in [2.45, 2.75) is 0 Å². The van der Waals surface area contributed by atoms with Crippen LogP contribution in [0.1, 0.15) is 10.4 Å². The summed E-state index contributed by atoms with van der Waals surface area (Å²) in [4.78, 5) is 23.1. The maximum absolute atomic E-state index is 13.3. The zero-order chi connectivity index (χ0) is 16.1. The van der Waals surface area contributed by atoms with E-state index in [0.29, 0.717) is 0 Å². The van der Waals surface area contributed by atoms with Crippen molar-refractivity contribution in [1.29, 1.82) is 0 Å². The molecule has 0 aliphatic carbocycles. The number of hydrogen-bond acceptors (Lipinski definition) is 3. The van der Waals surface area contributed by atoms with Crippen LogP contribution < -0.4 is 5.32 Å². The Morgan fingerprint density at radius 1 is 0.909 bits per heavy atom. The number of halogens is 3. The van der Waals surface area contributed by atoms with Gasteiger partial charge in [0.25, 0.3) is 5.91 Å². The quantitative estimate of drug-likeness (QED) is 0.884. The average molecular weight is 309 g/mol. The molecule has 0 saturated heterocycles. The molecule has 0 radical (unpaired) electrons. The van der Waals surface area contributed by atoms with Crippen LogP contribution in [0.25, 0.3) is 0 Å². The minimum atomic E-state index is -1.05. The van der Waals surface area contributed by atoms with Gasteiger partial charge in [0, 0.05) is 0 Å². The molecular weight excluding hydrogens is 299 g/mol. The van der Waals surface area contributed by atoms with Gasteiger partial charge in [0.2, 0.25) is 0 Å². The molecule has 0 saturated carbocycles. The zero-order valence-corrected chi connectivity index (χ0v) is 11.1. The first kappa shape index (κ1) is 15.6. The summed E-state index contributed by atoms with van der Waals surface area (Å²) < 4.78 is 44.5. The first-order valence-corrected chi connectivity index (χ1v) is 6.14. The van der Waals surface area contributed by atoms with Crippen molar-refractivity contribution in [3.05, 3.63) is 65.5 Å². The molecule has 0 aliphatic rings. The lowest BCUT2D eigenvalue weighted by atomic mass is 10.2. The Balaban J connectivity index is 1.96. The topological polar surface area (TPSA) is 55.4 Å². The van der Waals surface area contributed by atoms with Crippen molar-refractivity contribution < 1.29 is 27.5 Å². The summed E-state index contributed by atoms with van der Waals surface area (Å²) in [6, 6.07) is 8.12. The minimum Gasteiger partial charge on any atom is -0.452 e. The maximum Gasteiger partial charge on any atom is 0.341 e. The molecule has 0 heterocycles. The van der Waals surface area contributed by atoms with E-state index in [9.17, 15) is 22.8 Å². The molecular formula is C15H10F3NO3. The molecule has 0 fully saturated rings. The molecule has 0 aromatic heterocycles. The Morgan fingerprint density at radius 2 is 1.50 bits per heavy atom. The number of para-hydroxylation sites is 1. The summed E-state index contributed by atoms with van der Waals surface area (Å²) in [5, 5.41) is 1.94. The fourth-order valence-corrected chi connectivity index (χ4v) is 1.63. The number of hydrogen-bond donors (Lipinski definition) is 1. The van der Waals surface area contributed by atoms with Gasteiger partial charge >= 0.3 is 5.97 Å². The van der Waals surface area contributed by atoms with Crippen molar-refractivity contribution in [3.63, 3.8) is 0 Å². The molecule has 0 spiro atoms. The second kappa shape index (κ2) is 6.75. The molecule has 2 rings (SSSR count). The fraction of sp³-hybridized carbons (Fsp3) is 0.0667. The smallest absolute Gasteiger partial charge is 0.341 e. The van der Waals surface area contributed by atoms with Crippen LogP contribution in [0.5, 0.6) is 0 Å². The number of carbonyl (C=O) groups excluding carboxylic acids is 2. The third kappa shape index (κ3) is 3.63. The standard InChI is InChI=1S/C15H10F3NO3/c16-10-5-2-1-4-9(10)15(21)22-8-13(20)19-14-11(17)6-3-7-12(14)18/h1-7H,8H2,(H,19,20). The van der Waals surface area contributed by atoms with E-state index in [-0.39, 0.29) is 5.56 Å². The van der Waals surface area contributed by atoms with Gasteiger partial charge in [-0.15, -0.1) is 0 Å². The second-order valence-electron chi connectivity index (χ2n) is 4.20. The first-order chi connectivity index (χ1) is 10.5. The van der Waals surface area contributed by atoms with Crippen molar-refractivity contribution >= 4 is 17.6 Å². The number of amides is 1. The largest absolute Gasteiger partial charge is 0.452 e. The summed E-state index contributed by atoms with van der Waals surface area (Å²) in [7, 11) is 0. The van der Waals surface area contributed by atoms with Crippen LogP contribution in [0.2, 0.25) is 0 Å². The van der Waals surface area contributed by atoms with Crippen molar-refractivity contribution in [2.24, 2.45) is 0 Å². The van der Waals surface area contributed by atoms with Gasteiger partial charge in [0.15, 0.2) is 6.61 Å². The van der Waals surface area contributed by atoms with Crippen LogP contribution in [0, 0.1) is 17.5 Å². The summed E-state index contributed by atoms with van der Waals surface area (Å²) in [5.74, 6) is -4.73. The highest BCUT2D eigenvalue weighted by Gasteiger charge is 2.16. The third-order valence-electron chi connectivity index (χ3n) is 2.66. The van der Waals surface area contributed by atoms with Crippen LogP contribution in [0.3, 0.4) is 0 Å². The van der Waals surface area contributed by atoms with E-state index in [1.54, 1.807) is 0 Å². The Labute approximate surface area is 123 Å². The number of benzene rings is 2. The van der Waals surface area contributed by atoms with E-state index >= 15 is 0 Å². The van der Waals surface area contributed by atoms with Gasteiger partial charge in [-0.2, -0.15) is 0 Å². The molecule has 114 valence electrons. The fourth-order valence-electron chi connectivity index (χ4n) is 1.63. The lowest BCUT2D eigenvalue weighted by molar-refractivity contribution is -0.119. The highest BCUT2D eigenvalue weighted by atomic mass is 19.1. The molecule has 4 nitrogen and oxygen atoms in total. The molecule has 0 bridgehead atoms. The van der Waals surface area contributed by atoms with Gasteiger partial charge in [-0.3, -0.25) is 4.79 Å². The van der Waals surface area contributed by atoms with Crippen molar-refractivity contribution in [3.8, 4) is 0 Å². The van der Waals surface area contributed by atoms with E-state index < -0.39 is 41.6 Å². The molecule has 2 aromatic carbocycles. The average Bonchev–Trinajstić information content (AvgIpc) is 2.49. The number of anilines is 1. The highest BCUT2D eigenvalue weighted by Crippen LogP contribution is 2.17. The van der Waals surface area contributed by atoms with E-state index in [2.05, 4.69) is 4.74 Å². The molecule has 2 aromatic rings. The van der Waals surface area contributed by atoms with Gasteiger partial charge in [0.1, 0.15) is 23.1 Å². The summed E-state index contributed by atoms with van der Waals surface area (Å²) in [6.45, 7) is -0.805. The molecule has 22 heavy (non-hydrogen) atoms. The van der Waals surface area contributed by atoms with Gasteiger partial charge in [-0.1, -0.05) is 18.2 Å². The molecule has 0 unspecified atom stereocenters. The van der Waals surface area contributed by atoms with Gasteiger partial charge in [-0.05, 0) is 24.3 Å². The summed E-state index contributed by atoms with van der Waals surface area (Å²) in [6.07, 6.45) is 0.